The highest BCUT2D eigenvalue weighted by Crippen LogP contribution is 2.38. The van der Waals surface area contributed by atoms with E-state index < -0.39 is 5.54 Å². The molecular formula is C15H24N2O3. The van der Waals surface area contributed by atoms with Gasteiger partial charge in [-0.3, -0.25) is 9.59 Å². The van der Waals surface area contributed by atoms with E-state index in [9.17, 15) is 9.59 Å². The molecule has 1 spiro atoms. The fraction of sp³-hybridized carbons (Fsp3) is 0.867. The van der Waals surface area contributed by atoms with Crippen LogP contribution in [0.5, 0.6) is 0 Å². The number of nitrogens with one attached hydrogen (secondary N) is 1. The van der Waals surface area contributed by atoms with Gasteiger partial charge in [-0.05, 0) is 39.0 Å². The normalized spacial score (nSPS) is 36.7. The van der Waals surface area contributed by atoms with Crippen molar-refractivity contribution in [1.29, 1.82) is 0 Å². The Bertz CT molecular complexity index is 417. The minimum absolute atomic E-state index is 0.00682. The van der Waals surface area contributed by atoms with Crippen molar-refractivity contribution in [3.63, 3.8) is 0 Å². The summed E-state index contributed by atoms with van der Waals surface area (Å²) in [5, 5.41) is 3.01. The van der Waals surface area contributed by atoms with Crippen molar-refractivity contribution in [3.8, 4) is 0 Å². The lowest BCUT2D eigenvalue weighted by Gasteiger charge is -2.46. The van der Waals surface area contributed by atoms with Gasteiger partial charge in [-0.25, -0.2) is 0 Å². The van der Waals surface area contributed by atoms with Gasteiger partial charge in [0, 0.05) is 13.2 Å². The number of methoxy groups -OCH3 is 1. The van der Waals surface area contributed by atoms with Gasteiger partial charge in [-0.2, -0.15) is 0 Å². The molecule has 2 amide bonds. The van der Waals surface area contributed by atoms with Crippen LogP contribution in [-0.2, 0) is 14.3 Å². The fourth-order valence-electron chi connectivity index (χ4n) is 4.13. The molecule has 2 aliphatic carbocycles. The van der Waals surface area contributed by atoms with E-state index in [1.165, 1.54) is 0 Å². The third-order valence-corrected chi connectivity index (χ3v) is 5.34. The van der Waals surface area contributed by atoms with Crippen LogP contribution in [-0.4, -0.2) is 47.6 Å². The van der Waals surface area contributed by atoms with Gasteiger partial charge in [0.25, 0.3) is 0 Å². The standard InChI is InChI=1S/C15H24N2O3/c1-10-13(18)16-15(7-3-4-8-15)14(19)17(10)11-5-6-12(9-11)20-2/h10-12H,3-9H2,1-2H3,(H,16,18). The number of amides is 2. The Morgan fingerprint density at radius 1 is 1.25 bits per heavy atom. The van der Waals surface area contributed by atoms with Crippen LogP contribution in [0.25, 0.3) is 0 Å². The van der Waals surface area contributed by atoms with Gasteiger partial charge in [-0.15, -0.1) is 0 Å². The number of rotatable bonds is 2. The largest absolute Gasteiger partial charge is 0.381 e. The van der Waals surface area contributed by atoms with Gasteiger partial charge in [0.15, 0.2) is 0 Å². The second-order valence-corrected chi connectivity index (χ2v) is 6.49. The first-order valence-corrected chi connectivity index (χ1v) is 7.75. The zero-order valence-corrected chi connectivity index (χ0v) is 12.4. The first-order valence-electron chi connectivity index (χ1n) is 7.75. The third kappa shape index (κ3) is 2.03. The third-order valence-electron chi connectivity index (χ3n) is 5.34. The number of ether oxygens (including phenoxy) is 1. The average molecular weight is 280 g/mol. The number of piperazine rings is 1. The van der Waals surface area contributed by atoms with Crippen molar-refractivity contribution in [2.24, 2.45) is 0 Å². The van der Waals surface area contributed by atoms with E-state index in [0.29, 0.717) is 0 Å². The van der Waals surface area contributed by atoms with E-state index in [-0.39, 0.29) is 30.0 Å². The zero-order valence-electron chi connectivity index (χ0n) is 12.4. The molecule has 3 fully saturated rings. The van der Waals surface area contributed by atoms with Gasteiger partial charge in [-0.1, -0.05) is 12.8 Å². The average Bonchev–Trinajstić information content (AvgIpc) is 3.07. The monoisotopic (exact) mass is 280 g/mol. The maximum absolute atomic E-state index is 13.0. The van der Waals surface area contributed by atoms with Gasteiger partial charge in [0.05, 0.1) is 6.10 Å². The van der Waals surface area contributed by atoms with E-state index >= 15 is 0 Å². The fourth-order valence-corrected chi connectivity index (χ4v) is 4.13. The summed E-state index contributed by atoms with van der Waals surface area (Å²) >= 11 is 0. The SMILES string of the molecule is COC1CCC(N2C(=O)C3(CCCC3)NC(=O)C2C)C1. The Hall–Kier alpha value is -1.10. The Balaban J connectivity index is 1.84. The smallest absolute Gasteiger partial charge is 0.249 e. The molecule has 1 heterocycles. The van der Waals surface area contributed by atoms with Crippen LogP contribution in [0.15, 0.2) is 0 Å². The summed E-state index contributed by atoms with van der Waals surface area (Å²) in [4.78, 5) is 27.1. The van der Waals surface area contributed by atoms with Crippen LogP contribution in [0.4, 0.5) is 0 Å². The molecule has 0 aromatic carbocycles. The van der Waals surface area contributed by atoms with Gasteiger partial charge >= 0.3 is 0 Å². The van der Waals surface area contributed by atoms with Crippen molar-refractivity contribution in [2.45, 2.75) is 75.6 Å². The minimum Gasteiger partial charge on any atom is -0.381 e. The molecule has 2 saturated carbocycles. The molecule has 5 nitrogen and oxygen atoms in total. The molecule has 0 aromatic heterocycles. The lowest BCUT2D eigenvalue weighted by Crippen LogP contribution is -2.70. The Morgan fingerprint density at radius 2 is 1.95 bits per heavy atom. The number of carbonyl (C=O) groups excluding carboxylic acids is 2. The topological polar surface area (TPSA) is 58.6 Å². The molecule has 0 bridgehead atoms. The highest BCUT2D eigenvalue weighted by molar-refractivity contribution is 6.00. The number of hydrogen-bond donors (Lipinski definition) is 1. The lowest BCUT2D eigenvalue weighted by molar-refractivity contribution is -0.157. The highest BCUT2D eigenvalue weighted by Gasteiger charge is 2.53. The number of carbonyl (C=O) groups is 2. The molecular weight excluding hydrogens is 256 g/mol. The van der Waals surface area contributed by atoms with E-state index in [1.54, 1.807) is 7.11 Å². The molecule has 0 aromatic rings. The molecule has 0 radical (unpaired) electrons. The summed E-state index contributed by atoms with van der Waals surface area (Å²) in [7, 11) is 1.72. The van der Waals surface area contributed by atoms with Crippen LogP contribution in [0.3, 0.4) is 0 Å². The van der Waals surface area contributed by atoms with Crippen LogP contribution in [0.2, 0.25) is 0 Å². The molecule has 3 aliphatic rings. The lowest BCUT2D eigenvalue weighted by atomic mass is 9.89. The Kier molecular flexibility index (Phi) is 3.48. The van der Waals surface area contributed by atoms with Crippen molar-refractivity contribution in [2.75, 3.05) is 7.11 Å². The van der Waals surface area contributed by atoms with Crippen LogP contribution in [0.1, 0.15) is 51.9 Å². The van der Waals surface area contributed by atoms with Gasteiger partial charge < -0.3 is 15.0 Å². The zero-order chi connectivity index (χ0) is 14.3. The van der Waals surface area contributed by atoms with E-state index in [0.717, 1.165) is 44.9 Å². The number of hydrogen-bond acceptors (Lipinski definition) is 3. The van der Waals surface area contributed by atoms with Crippen molar-refractivity contribution in [3.05, 3.63) is 0 Å². The molecule has 1 aliphatic heterocycles. The second-order valence-electron chi connectivity index (χ2n) is 6.49. The predicted octanol–water partition coefficient (Wildman–Crippen LogP) is 1.21. The molecule has 3 unspecified atom stereocenters. The van der Waals surface area contributed by atoms with Crippen LogP contribution in [0, 0.1) is 0 Å². The predicted molar refractivity (Wildman–Crippen MR) is 74.1 cm³/mol. The van der Waals surface area contributed by atoms with E-state index in [2.05, 4.69) is 5.32 Å². The summed E-state index contributed by atoms with van der Waals surface area (Å²) in [6.45, 7) is 1.84. The van der Waals surface area contributed by atoms with Crippen molar-refractivity contribution >= 4 is 11.8 Å². The minimum atomic E-state index is -0.602. The first-order chi connectivity index (χ1) is 9.57. The maximum Gasteiger partial charge on any atom is 0.249 e. The summed E-state index contributed by atoms with van der Waals surface area (Å²) in [6, 6.07) is -0.194. The van der Waals surface area contributed by atoms with Gasteiger partial charge in [0.1, 0.15) is 11.6 Å². The maximum atomic E-state index is 13.0. The molecule has 20 heavy (non-hydrogen) atoms. The summed E-state index contributed by atoms with van der Waals surface area (Å²) < 4.78 is 5.41. The van der Waals surface area contributed by atoms with Crippen LogP contribution < -0.4 is 5.32 Å². The molecule has 112 valence electrons. The van der Waals surface area contributed by atoms with Crippen LogP contribution >= 0.6 is 0 Å². The van der Waals surface area contributed by atoms with Crippen molar-refractivity contribution < 1.29 is 14.3 Å². The quantitative estimate of drug-likeness (QED) is 0.827. The molecule has 3 atom stereocenters. The van der Waals surface area contributed by atoms with E-state index in [4.69, 9.17) is 4.74 Å². The first kappa shape index (κ1) is 13.9. The Morgan fingerprint density at radius 3 is 2.55 bits per heavy atom. The number of nitrogens with zero attached hydrogens (tertiary/aromatic N) is 1. The van der Waals surface area contributed by atoms with Gasteiger partial charge in [0.2, 0.25) is 11.8 Å². The summed E-state index contributed by atoms with van der Waals surface area (Å²) in [5.74, 6) is 0.149. The summed E-state index contributed by atoms with van der Waals surface area (Å²) in [5.41, 5.74) is -0.602. The van der Waals surface area contributed by atoms with Crippen molar-refractivity contribution in [1.82, 2.24) is 10.2 Å². The second kappa shape index (κ2) is 5.02. The highest BCUT2D eigenvalue weighted by atomic mass is 16.5. The molecule has 5 heteroatoms. The van der Waals surface area contributed by atoms with E-state index in [1.807, 2.05) is 11.8 Å². The molecule has 3 rings (SSSR count). The summed E-state index contributed by atoms with van der Waals surface area (Å²) in [6.07, 6.45) is 6.64. The molecule has 1 N–H and O–H groups in total. The molecule has 1 saturated heterocycles. The Labute approximate surface area is 120 Å².